The SMILES string of the molecule is O=S1(=O)Cc2cc(-c3cc(-c4cccnc4)cc(-c4cccnc4)c3)ccc2-c2cc(-c3cc(-c4ccccc4)cc(-c4ccccc4)c3)ccc2C1. The van der Waals surface area contributed by atoms with E-state index in [1.807, 2.05) is 42.7 Å². The maximum absolute atomic E-state index is 13.7. The van der Waals surface area contributed by atoms with Gasteiger partial charge >= 0.3 is 0 Å². The van der Waals surface area contributed by atoms with Crippen LogP contribution in [0.25, 0.3) is 77.9 Å². The lowest BCUT2D eigenvalue weighted by molar-refractivity contribution is 0.595. The van der Waals surface area contributed by atoms with Crippen molar-refractivity contribution in [3.05, 3.63) is 194 Å². The van der Waals surface area contributed by atoms with Gasteiger partial charge in [-0.05, 0) is 139 Å². The predicted molar refractivity (Wildman–Crippen MR) is 216 cm³/mol. The van der Waals surface area contributed by atoms with Crippen molar-refractivity contribution < 1.29 is 8.42 Å². The van der Waals surface area contributed by atoms with Gasteiger partial charge in [0, 0.05) is 35.9 Å². The van der Waals surface area contributed by atoms with Crippen LogP contribution in [0.4, 0.5) is 0 Å². The molecule has 0 radical (unpaired) electrons. The maximum atomic E-state index is 13.7. The molecule has 0 fully saturated rings. The fourth-order valence-corrected chi connectivity index (χ4v) is 8.94. The van der Waals surface area contributed by atoms with E-state index in [9.17, 15) is 8.42 Å². The van der Waals surface area contributed by atoms with E-state index < -0.39 is 9.84 Å². The van der Waals surface area contributed by atoms with Gasteiger partial charge in [0.2, 0.25) is 0 Å². The van der Waals surface area contributed by atoms with Crippen LogP contribution < -0.4 is 0 Å². The Kier molecular flexibility index (Phi) is 8.34. The molecule has 0 unspecified atom stereocenters. The number of hydrogen-bond donors (Lipinski definition) is 0. The van der Waals surface area contributed by atoms with Gasteiger partial charge in [0.05, 0.1) is 11.5 Å². The summed E-state index contributed by atoms with van der Waals surface area (Å²) in [5.74, 6) is -0.0345. The summed E-state index contributed by atoms with van der Waals surface area (Å²) in [6, 6.07) is 54.5. The number of nitrogens with zero attached hydrogens (tertiary/aromatic N) is 2. The second-order valence-electron chi connectivity index (χ2n) is 13.6. The van der Waals surface area contributed by atoms with Crippen molar-refractivity contribution in [3.63, 3.8) is 0 Å². The van der Waals surface area contributed by atoms with Crippen LogP contribution in [0.1, 0.15) is 11.1 Å². The smallest absolute Gasteiger partial charge is 0.158 e. The Morgan fingerprint density at radius 3 is 1.28 bits per heavy atom. The van der Waals surface area contributed by atoms with Crippen LogP contribution in [0.2, 0.25) is 0 Å². The Bertz CT molecular complexity index is 2600. The molecule has 0 atom stereocenters. The highest BCUT2D eigenvalue weighted by molar-refractivity contribution is 7.89. The Morgan fingerprint density at radius 1 is 0.340 bits per heavy atom. The molecular weight excluding hydrogens is 669 g/mol. The fraction of sp³-hybridized carbons (Fsp3) is 0.0417. The minimum absolute atomic E-state index is 0.00635. The standard InChI is InChI=1S/C48H34N2O2S/c51-53(52)31-39-16-15-36(43-23-40(33-9-3-1-4-10-33)22-41(24-43)34-11-5-2-6-12-34)28-48(39)47-18-17-35(21-46(47)32-53)42-25-44(37-13-7-19-49-29-37)27-45(26-42)38-14-8-20-50-30-38/h1-30H,31-32H2. The number of rotatable bonds is 6. The number of hydrogen-bond acceptors (Lipinski definition) is 4. The molecule has 254 valence electrons. The number of benzene rings is 6. The molecular formula is C48H34N2O2S. The van der Waals surface area contributed by atoms with Gasteiger partial charge in [-0.25, -0.2) is 8.42 Å². The van der Waals surface area contributed by atoms with E-state index >= 15 is 0 Å². The summed E-state index contributed by atoms with van der Waals surface area (Å²) in [4.78, 5) is 8.72. The zero-order chi connectivity index (χ0) is 35.8. The molecule has 0 amide bonds. The van der Waals surface area contributed by atoms with E-state index in [0.29, 0.717) is 0 Å². The minimum atomic E-state index is -3.43. The summed E-state index contributed by atoms with van der Waals surface area (Å²) < 4.78 is 27.3. The van der Waals surface area contributed by atoms with Crippen LogP contribution in [-0.2, 0) is 21.3 Å². The van der Waals surface area contributed by atoms with Crippen LogP contribution in [0.5, 0.6) is 0 Å². The van der Waals surface area contributed by atoms with Gasteiger partial charge in [0.25, 0.3) is 0 Å². The van der Waals surface area contributed by atoms with Gasteiger partial charge in [-0.3, -0.25) is 9.97 Å². The van der Waals surface area contributed by atoms with E-state index in [0.717, 1.165) is 89.0 Å². The van der Waals surface area contributed by atoms with Crippen LogP contribution in [0, 0.1) is 0 Å². The summed E-state index contributed by atoms with van der Waals surface area (Å²) in [6.45, 7) is 0. The van der Waals surface area contributed by atoms with Gasteiger partial charge in [-0.2, -0.15) is 0 Å². The molecule has 9 rings (SSSR count). The first kappa shape index (κ1) is 32.5. The summed E-state index contributed by atoms with van der Waals surface area (Å²) in [7, 11) is -3.43. The number of pyridine rings is 2. The molecule has 0 spiro atoms. The fourth-order valence-electron chi connectivity index (χ4n) is 7.40. The van der Waals surface area contributed by atoms with E-state index in [4.69, 9.17) is 0 Å². The van der Waals surface area contributed by atoms with E-state index in [2.05, 4.69) is 137 Å². The zero-order valence-electron chi connectivity index (χ0n) is 28.9. The number of fused-ring (bicyclic) bond motifs is 3. The lowest BCUT2D eigenvalue weighted by atomic mass is 9.88. The first-order valence-electron chi connectivity index (χ1n) is 17.7. The van der Waals surface area contributed by atoms with E-state index in [1.165, 1.54) is 0 Å². The van der Waals surface area contributed by atoms with E-state index in [-0.39, 0.29) is 11.5 Å². The summed E-state index contributed by atoms with van der Waals surface area (Å²) in [6.07, 6.45) is 7.27. The van der Waals surface area contributed by atoms with Crippen molar-refractivity contribution in [2.75, 3.05) is 0 Å². The second-order valence-corrected chi connectivity index (χ2v) is 15.7. The van der Waals surface area contributed by atoms with Crippen molar-refractivity contribution >= 4 is 9.84 Å². The molecule has 0 bridgehead atoms. The van der Waals surface area contributed by atoms with Gasteiger partial charge < -0.3 is 0 Å². The first-order chi connectivity index (χ1) is 26.0. The molecule has 8 aromatic rings. The third-order valence-corrected chi connectivity index (χ3v) is 11.5. The molecule has 2 aromatic heterocycles. The van der Waals surface area contributed by atoms with Crippen molar-refractivity contribution in [1.82, 2.24) is 9.97 Å². The molecule has 4 nitrogen and oxygen atoms in total. The second kappa shape index (κ2) is 13.6. The number of sulfone groups is 1. The van der Waals surface area contributed by atoms with Crippen molar-refractivity contribution in [3.8, 4) is 77.9 Å². The molecule has 0 saturated carbocycles. The van der Waals surface area contributed by atoms with Crippen molar-refractivity contribution in [1.29, 1.82) is 0 Å². The quantitative estimate of drug-likeness (QED) is 0.173. The Hall–Kier alpha value is -6.43. The zero-order valence-corrected chi connectivity index (χ0v) is 29.7. The molecule has 3 heterocycles. The van der Waals surface area contributed by atoms with Crippen molar-refractivity contribution in [2.24, 2.45) is 0 Å². The van der Waals surface area contributed by atoms with Crippen LogP contribution in [0.15, 0.2) is 183 Å². The highest BCUT2D eigenvalue weighted by atomic mass is 32.2. The van der Waals surface area contributed by atoms with Gasteiger partial charge in [0.15, 0.2) is 9.84 Å². The maximum Gasteiger partial charge on any atom is 0.158 e. The minimum Gasteiger partial charge on any atom is -0.264 e. The average Bonchev–Trinajstić information content (AvgIpc) is 3.33. The molecule has 0 saturated heterocycles. The summed E-state index contributed by atoms with van der Waals surface area (Å²) >= 11 is 0. The van der Waals surface area contributed by atoms with E-state index in [1.54, 1.807) is 12.4 Å². The molecule has 6 aromatic carbocycles. The molecule has 1 aliphatic rings. The van der Waals surface area contributed by atoms with Gasteiger partial charge in [-0.1, -0.05) is 97.1 Å². The third-order valence-electron chi connectivity index (χ3n) is 9.99. The average molecular weight is 703 g/mol. The highest BCUT2D eigenvalue weighted by Gasteiger charge is 2.25. The van der Waals surface area contributed by atoms with Gasteiger partial charge in [-0.15, -0.1) is 0 Å². The Labute approximate surface area is 310 Å². The van der Waals surface area contributed by atoms with Crippen LogP contribution in [0.3, 0.4) is 0 Å². The lowest BCUT2D eigenvalue weighted by Gasteiger charge is -2.15. The Morgan fingerprint density at radius 2 is 0.774 bits per heavy atom. The molecule has 0 aliphatic carbocycles. The molecule has 53 heavy (non-hydrogen) atoms. The monoisotopic (exact) mass is 702 g/mol. The van der Waals surface area contributed by atoms with Crippen molar-refractivity contribution in [2.45, 2.75) is 11.5 Å². The first-order valence-corrected chi connectivity index (χ1v) is 19.5. The predicted octanol–water partition coefficient (Wildman–Crippen LogP) is 11.6. The number of aromatic nitrogens is 2. The van der Waals surface area contributed by atoms with Gasteiger partial charge in [0.1, 0.15) is 0 Å². The third kappa shape index (κ3) is 6.71. The summed E-state index contributed by atoms with van der Waals surface area (Å²) in [5, 5.41) is 0. The van der Waals surface area contributed by atoms with Crippen LogP contribution in [-0.4, -0.2) is 18.4 Å². The molecule has 1 aliphatic heterocycles. The topological polar surface area (TPSA) is 59.9 Å². The molecule has 5 heteroatoms. The Balaban J connectivity index is 1.18. The normalized spacial score (nSPS) is 13.1. The van der Waals surface area contributed by atoms with Crippen LogP contribution >= 0.6 is 0 Å². The largest absolute Gasteiger partial charge is 0.264 e. The molecule has 0 N–H and O–H groups in total. The summed E-state index contributed by atoms with van der Waals surface area (Å²) in [5.41, 5.74) is 16.2. The highest BCUT2D eigenvalue weighted by Crippen LogP contribution is 2.41. The lowest BCUT2D eigenvalue weighted by Crippen LogP contribution is -2.05.